The summed E-state index contributed by atoms with van der Waals surface area (Å²) in [5, 5.41) is 6.00. The topological polar surface area (TPSA) is 87.7 Å². The van der Waals surface area contributed by atoms with Gasteiger partial charge in [0, 0.05) is 31.1 Å². The molecule has 29 heavy (non-hydrogen) atoms. The van der Waals surface area contributed by atoms with E-state index in [2.05, 4.69) is 22.5 Å². The molecule has 1 aromatic rings. The van der Waals surface area contributed by atoms with Crippen molar-refractivity contribution in [2.75, 3.05) is 51.0 Å². The fourth-order valence-electron chi connectivity index (χ4n) is 3.89. The van der Waals surface area contributed by atoms with Crippen LogP contribution in [-0.2, 0) is 19.4 Å². The molecule has 2 heterocycles. The average Bonchev–Trinajstić information content (AvgIpc) is 2.68. The Hall–Kier alpha value is -0.900. The summed E-state index contributed by atoms with van der Waals surface area (Å²) in [6.45, 7) is 6.39. The van der Waals surface area contributed by atoms with Crippen molar-refractivity contribution in [3.63, 3.8) is 0 Å². The number of morpholine rings is 1. The summed E-state index contributed by atoms with van der Waals surface area (Å²) in [4.78, 5) is 15.3. The lowest BCUT2D eigenvalue weighted by Gasteiger charge is -2.34. The highest BCUT2D eigenvalue weighted by atomic mass is 35.5. The van der Waals surface area contributed by atoms with Crippen molar-refractivity contribution in [1.29, 1.82) is 0 Å². The van der Waals surface area contributed by atoms with Crippen molar-refractivity contribution in [3.05, 3.63) is 29.8 Å². The molecule has 0 aliphatic carbocycles. The zero-order chi connectivity index (χ0) is 19.5. The molecule has 2 saturated heterocycles. The monoisotopic (exact) mass is 467 g/mol. The zero-order valence-corrected chi connectivity index (χ0v) is 19.3. The van der Waals surface area contributed by atoms with E-state index in [1.165, 1.54) is 0 Å². The van der Waals surface area contributed by atoms with Crippen molar-refractivity contribution in [3.8, 4) is 0 Å². The molecule has 1 atom stereocenters. The Morgan fingerprint density at radius 3 is 2.41 bits per heavy atom. The first kappa shape index (κ1) is 26.1. The lowest BCUT2D eigenvalue weighted by atomic mass is 9.95. The average molecular weight is 468 g/mol. The molecule has 0 aromatic heterocycles. The highest BCUT2D eigenvalue weighted by molar-refractivity contribution is 7.92. The molecule has 2 aliphatic heterocycles. The Balaban J connectivity index is 0.00000210. The third kappa shape index (κ3) is 5.83. The molecular formula is C19H31Cl2N3O4S. The van der Waals surface area contributed by atoms with Gasteiger partial charge in [0.2, 0.25) is 5.91 Å². The van der Waals surface area contributed by atoms with Crippen LogP contribution in [0.5, 0.6) is 0 Å². The van der Waals surface area contributed by atoms with E-state index in [4.69, 9.17) is 4.74 Å². The lowest BCUT2D eigenvalue weighted by Crippen LogP contribution is -2.55. The van der Waals surface area contributed by atoms with Crippen LogP contribution in [0.15, 0.2) is 24.3 Å². The number of ether oxygens (including phenoxy) is 1. The van der Waals surface area contributed by atoms with Crippen LogP contribution in [0.25, 0.3) is 0 Å². The number of nitrogens with one attached hydrogen (secondary N) is 2. The lowest BCUT2D eigenvalue weighted by molar-refractivity contribution is -0.119. The minimum Gasteiger partial charge on any atom is -0.379 e. The molecule has 0 bridgehead atoms. The van der Waals surface area contributed by atoms with E-state index in [0.29, 0.717) is 31.6 Å². The van der Waals surface area contributed by atoms with E-state index in [1.54, 1.807) is 0 Å². The van der Waals surface area contributed by atoms with E-state index >= 15 is 0 Å². The number of amides is 1. The van der Waals surface area contributed by atoms with Gasteiger partial charge >= 0.3 is 0 Å². The largest absolute Gasteiger partial charge is 0.379 e. The quantitative estimate of drug-likeness (QED) is 0.688. The number of carbonyl (C=O) groups excluding carboxylic acids is 1. The summed E-state index contributed by atoms with van der Waals surface area (Å²) < 4.78 is 28.9. The molecule has 3 rings (SSSR count). The molecule has 1 aromatic carbocycles. The number of halogens is 2. The Kier molecular flexibility index (Phi) is 9.85. The molecule has 10 heteroatoms. The van der Waals surface area contributed by atoms with Crippen LogP contribution in [0.3, 0.4) is 0 Å². The molecule has 2 N–H and O–H groups in total. The number of sulfone groups is 1. The molecule has 0 spiro atoms. The van der Waals surface area contributed by atoms with Gasteiger partial charge in [0.15, 0.2) is 14.6 Å². The van der Waals surface area contributed by atoms with E-state index in [1.807, 2.05) is 24.3 Å². The van der Waals surface area contributed by atoms with E-state index in [9.17, 15) is 13.2 Å². The number of rotatable bonds is 5. The van der Waals surface area contributed by atoms with Crippen LogP contribution in [0, 0.1) is 0 Å². The minimum absolute atomic E-state index is 0. The van der Waals surface area contributed by atoms with Crippen molar-refractivity contribution in [2.24, 2.45) is 0 Å². The molecule has 2 fully saturated rings. The van der Waals surface area contributed by atoms with Gasteiger partial charge in [0.05, 0.1) is 13.2 Å². The first-order valence-electron chi connectivity index (χ1n) is 9.47. The maximum absolute atomic E-state index is 13.0. The van der Waals surface area contributed by atoms with E-state index in [-0.39, 0.29) is 30.9 Å². The molecular weight excluding hydrogens is 437 g/mol. The summed E-state index contributed by atoms with van der Waals surface area (Å²) in [6, 6.07) is 7.89. The van der Waals surface area contributed by atoms with Gasteiger partial charge in [-0.2, -0.15) is 0 Å². The van der Waals surface area contributed by atoms with Gasteiger partial charge in [-0.15, -0.1) is 24.8 Å². The van der Waals surface area contributed by atoms with Crippen LogP contribution in [0.2, 0.25) is 0 Å². The van der Waals surface area contributed by atoms with Crippen LogP contribution in [0.1, 0.15) is 31.4 Å². The van der Waals surface area contributed by atoms with Gasteiger partial charge in [-0.1, -0.05) is 12.1 Å². The maximum Gasteiger partial charge on any atom is 0.245 e. The Morgan fingerprint density at radius 2 is 1.83 bits per heavy atom. The summed E-state index contributed by atoms with van der Waals surface area (Å²) >= 11 is 0. The number of hydrogen-bond acceptors (Lipinski definition) is 6. The first-order valence-corrected chi connectivity index (χ1v) is 11.4. The number of hydrogen-bond donors (Lipinski definition) is 2. The third-order valence-electron chi connectivity index (χ3n) is 5.76. The van der Waals surface area contributed by atoms with Gasteiger partial charge in [0.25, 0.3) is 0 Å². The highest BCUT2D eigenvalue weighted by Gasteiger charge is 2.48. The fourth-order valence-corrected chi connectivity index (χ4v) is 5.23. The summed E-state index contributed by atoms with van der Waals surface area (Å²) in [7, 11) is -3.52. The highest BCUT2D eigenvalue weighted by Crippen LogP contribution is 2.30. The molecule has 166 valence electrons. The fraction of sp³-hybridized carbons (Fsp3) is 0.632. The van der Waals surface area contributed by atoms with E-state index in [0.717, 1.165) is 38.1 Å². The van der Waals surface area contributed by atoms with Crippen LogP contribution in [0.4, 0.5) is 5.69 Å². The smallest absolute Gasteiger partial charge is 0.245 e. The number of anilines is 1. The number of piperidine rings is 1. The van der Waals surface area contributed by atoms with Crippen molar-refractivity contribution < 1.29 is 17.9 Å². The molecule has 1 unspecified atom stereocenters. The Morgan fingerprint density at radius 1 is 1.21 bits per heavy atom. The van der Waals surface area contributed by atoms with Crippen LogP contribution in [-0.4, -0.2) is 69.6 Å². The number of carbonyl (C=O) groups is 1. The zero-order valence-electron chi connectivity index (χ0n) is 16.8. The van der Waals surface area contributed by atoms with Gasteiger partial charge in [0.1, 0.15) is 0 Å². The number of nitrogens with zero attached hydrogens (tertiary/aromatic N) is 1. The molecule has 0 saturated carbocycles. The van der Waals surface area contributed by atoms with Gasteiger partial charge in [-0.3, -0.25) is 9.69 Å². The van der Waals surface area contributed by atoms with Crippen molar-refractivity contribution >= 4 is 46.2 Å². The second-order valence-corrected chi connectivity index (χ2v) is 9.75. The minimum atomic E-state index is -3.52. The van der Waals surface area contributed by atoms with Crippen molar-refractivity contribution in [2.45, 2.75) is 30.6 Å². The summed E-state index contributed by atoms with van der Waals surface area (Å²) in [5.41, 5.74) is 1.73. The van der Waals surface area contributed by atoms with Crippen LogP contribution < -0.4 is 10.6 Å². The van der Waals surface area contributed by atoms with Crippen LogP contribution >= 0.6 is 24.8 Å². The Bertz CT molecular complexity index is 779. The second kappa shape index (κ2) is 10.9. The molecule has 7 nitrogen and oxygen atoms in total. The summed E-state index contributed by atoms with van der Waals surface area (Å²) in [5.74, 6) is -0.428. The Labute approximate surface area is 185 Å². The van der Waals surface area contributed by atoms with Crippen molar-refractivity contribution in [1.82, 2.24) is 10.2 Å². The predicted octanol–water partition coefficient (Wildman–Crippen LogP) is 2.03. The van der Waals surface area contributed by atoms with Gasteiger partial charge in [-0.05, 0) is 50.6 Å². The standard InChI is InChI=1S/C19H29N3O4S.2ClH/c1-15(22-10-12-26-13-11-22)16-4-3-5-17(14-16)21-18(23)19(27(2,24)25)6-8-20-9-7-19;;/h3-5,14-15,20H,6-13H2,1-2H3,(H,21,23);2*1H. The molecule has 1 amide bonds. The normalized spacial score (nSPS) is 20.6. The molecule has 0 radical (unpaired) electrons. The van der Waals surface area contributed by atoms with E-state index < -0.39 is 20.5 Å². The third-order valence-corrected chi connectivity index (χ3v) is 7.77. The summed E-state index contributed by atoms with van der Waals surface area (Å²) in [6.07, 6.45) is 1.75. The first-order chi connectivity index (χ1) is 12.8. The van der Waals surface area contributed by atoms with Gasteiger partial charge in [-0.25, -0.2) is 8.42 Å². The number of benzene rings is 1. The molecule has 2 aliphatic rings. The SMILES string of the molecule is CC(c1cccc(NC(=O)C2(S(C)(=O)=O)CCNCC2)c1)N1CCOCC1.Cl.Cl. The maximum atomic E-state index is 13.0. The predicted molar refractivity (Wildman–Crippen MR) is 120 cm³/mol. The second-order valence-electron chi connectivity index (χ2n) is 7.42. The van der Waals surface area contributed by atoms with Gasteiger partial charge < -0.3 is 15.4 Å².